The van der Waals surface area contributed by atoms with E-state index in [1.807, 2.05) is 12.1 Å². The highest BCUT2D eigenvalue weighted by atomic mass is 19.1. The summed E-state index contributed by atoms with van der Waals surface area (Å²) in [6, 6.07) is 9.10. The van der Waals surface area contributed by atoms with Crippen molar-refractivity contribution in [1.82, 2.24) is 14.9 Å². The fourth-order valence-corrected chi connectivity index (χ4v) is 3.54. The number of fused-ring (bicyclic) bond motifs is 1. The molecule has 0 saturated carbocycles. The van der Waals surface area contributed by atoms with E-state index in [1.165, 1.54) is 18.2 Å². The van der Waals surface area contributed by atoms with Gasteiger partial charge < -0.3 is 19.3 Å². The fourth-order valence-electron chi connectivity index (χ4n) is 3.54. The van der Waals surface area contributed by atoms with Crippen molar-refractivity contribution in [3.05, 3.63) is 47.9 Å². The van der Waals surface area contributed by atoms with Gasteiger partial charge in [-0.15, -0.1) is 0 Å². The average Bonchev–Trinajstić information content (AvgIpc) is 2.83. The largest absolute Gasteiger partial charge is 0.497 e. The maximum absolute atomic E-state index is 13.5. The SMILES string of the molecule is COc1cc(OC)cc(N2CCN(C(=O)Nc3nc4cc(F)ccc4nc3C=O)CC2)c1. The normalized spacial score (nSPS) is 13.7. The Hall–Kier alpha value is -3.95. The number of aromatic nitrogens is 2. The van der Waals surface area contributed by atoms with E-state index in [1.54, 1.807) is 25.2 Å². The molecule has 0 radical (unpaired) electrons. The molecule has 2 heterocycles. The molecule has 1 N–H and O–H groups in total. The molecule has 2 aromatic carbocycles. The molecule has 1 aromatic heterocycles. The van der Waals surface area contributed by atoms with Crippen LogP contribution >= 0.6 is 0 Å². The summed E-state index contributed by atoms with van der Waals surface area (Å²) in [7, 11) is 3.19. The van der Waals surface area contributed by atoms with Gasteiger partial charge in [0.05, 0.1) is 25.3 Å². The summed E-state index contributed by atoms with van der Waals surface area (Å²) in [4.78, 5) is 36.3. The van der Waals surface area contributed by atoms with Crippen molar-refractivity contribution in [2.75, 3.05) is 50.6 Å². The second-order valence-electron chi connectivity index (χ2n) is 7.18. The van der Waals surface area contributed by atoms with Crippen LogP contribution in [0.2, 0.25) is 0 Å². The van der Waals surface area contributed by atoms with Gasteiger partial charge in [0, 0.05) is 56.1 Å². The molecule has 1 saturated heterocycles. The van der Waals surface area contributed by atoms with Gasteiger partial charge in [0.25, 0.3) is 0 Å². The Labute approximate surface area is 183 Å². The first-order valence-corrected chi connectivity index (χ1v) is 9.97. The Morgan fingerprint density at radius 1 is 1.00 bits per heavy atom. The number of amides is 2. The predicted octanol–water partition coefficient (Wildman–Crippen LogP) is 2.95. The first-order chi connectivity index (χ1) is 15.5. The lowest BCUT2D eigenvalue weighted by Gasteiger charge is -2.36. The molecule has 0 bridgehead atoms. The van der Waals surface area contributed by atoms with Crippen LogP contribution < -0.4 is 19.7 Å². The summed E-state index contributed by atoms with van der Waals surface area (Å²) in [5, 5.41) is 2.64. The number of hydrogen-bond acceptors (Lipinski definition) is 7. The van der Waals surface area contributed by atoms with Gasteiger partial charge in [-0.05, 0) is 12.1 Å². The van der Waals surface area contributed by atoms with Gasteiger partial charge in [0.15, 0.2) is 12.1 Å². The minimum Gasteiger partial charge on any atom is -0.497 e. The number of urea groups is 1. The average molecular weight is 439 g/mol. The van der Waals surface area contributed by atoms with E-state index in [4.69, 9.17) is 9.47 Å². The third kappa shape index (κ3) is 4.39. The van der Waals surface area contributed by atoms with E-state index >= 15 is 0 Å². The Balaban J connectivity index is 1.46. The van der Waals surface area contributed by atoms with Gasteiger partial charge in [-0.2, -0.15) is 0 Å². The Morgan fingerprint density at radius 3 is 2.31 bits per heavy atom. The summed E-state index contributed by atoms with van der Waals surface area (Å²) in [6.45, 7) is 2.10. The van der Waals surface area contributed by atoms with Gasteiger partial charge in [-0.1, -0.05) is 0 Å². The lowest BCUT2D eigenvalue weighted by atomic mass is 10.2. The van der Waals surface area contributed by atoms with Gasteiger partial charge in [-0.3, -0.25) is 10.1 Å². The molecule has 3 aromatic rings. The number of piperazine rings is 1. The molecule has 1 aliphatic rings. The molecule has 0 aliphatic carbocycles. The monoisotopic (exact) mass is 439 g/mol. The van der Waals surface area contributed by atoms with Crippen LogP contribution in [-0.4, -0.2) is 67.6 Å². The molecule has 9 nitrogen and oxygen atoms in total. The third-order valence-electron chi connectivity index (χ3n) is 5.26. The standard InChI is InChI=1S/C22H22FN5O4/c1-31-16-10-15(11-17(12-16)32-2)27-5-7-28(8-6-27)22(30)26-21-20(13-29)24-18-4-3-14(23)9-19(18)25-21/h3-4,9-13H,5-8H2,1-2H3,(H,25,26,30). The van der Waals surface area contributed by atoms with Crippen molar-refractivity contribution >= 4 is 34.9 Å². The first kappa shape index (κ1) is 21.3. The zero-order valence-corrected chi connectivity index (χ0v) is 17.7. The van der Waals surface area contributed by atoms with Crippen molar-refractivity contribution in [3.8, 4) is 11.5 Å². The predicted molar refractivity (Wildman–Crippen MR) is 117 cm³/mol. The van der Waals surface area contributed by atoms with Crippen LogP contribution in [0.25, 0.3) is 11.0 Å². The van der Waals surface area contributed by atoms with E-state index < -0.39 is 11.8 Å². The highest BCUT2D eigenvalue weighted by molar-refractivity contribution is 5.95. The van der Waals surface area contributed by atoms with Crippen molar-refractivity contribution in [2.45, 2.75) is 0 Å². The van der Waals surface area contributed by atoms with E-state index in [0.717, 1.165) is 5.69 Å². The number of ether oxygens (including phenoxy) is 2. The number of carbonyl (C=O) groups is 2. The summed E-state index contributed by atoms with van der Waals surface area (Å²) in [5.74, 6) is 0.899. The minimum absolute atomic E-state index is 0.00283. The molecule has 166 valence electrons. The number of halogens is 1. The summed E-state index contributed by atoms with van der Waals surface area (Å²) in [6.07, 6.45) is 0.513. The molecule has 1 fully saturated rings. The highest BCUT2D eigenvalue weighted by Crippen LogP contribution is 2.29. The molecular weight excluding hydrogens is 417 g/mol. The Morgan fingerprint density at radius 2 is 1.69 bits per heavy atom. The van der Waals surface area contributed by atoms with E-state index in [-0.39, 0.29) is 17.0 Å². The maximum atomic E-state index is 13.5. The molecule has 4 rings (SSSR count). The van der Waals surface area contributed by atoms with Crippen molar-refractivity contribution in [3.63, 3.8) is 0 Å². The van der Waals surface area contributed by atoms with Crippen LogP contribution in [0.3, 0.4) is 0 Å². The van der Waals surface area contributed by atoms with Crippen molar-refractivity contribution in [1.29, 1.82) is 0 Å². The molecule has 0 spiro atoms. The highest BCUT2D eigenvalue weighted by Gasteiger charge is 2.23. The molecule has 32 heavy (non-hydrogen) atoms. The number of nitrogens with zero attached hydrogens (tertiary/aromatic N) is 4. The van der Waals surface area contributed by atoms with E-state index in [2.05, 4.69) is 20.2 Å². The molecule has 10 heteroatoms. The lowest BCUT2D eigenvalue weighted by molar-refractivity contribution is 0.112. The molecule has 1 aliphatic heterocycles. The summed E-state index contributed by atoms with van der Waals surface area (Å²) >= 11 is 0. The van der Waals surface area contributed by atoms with Crippen LogP contribution in [0.15, 0.2) is 36.4 Å². The summed E-state index contributed by atoms with van der Waals surface area (Å²) in [5.41, 5.74) is 1.54. The molecule has 0 atom stereocenters. The van der Waals surface area contributed by atoms with Gasteiger partial charge in [-0.25, -0.2) is 19.2 Å². The van der Waals surface area contributed by atoms with Gasteiger partial charge in [0.2, 0.25) is 0 Å². The quantitative estimate of drug-likeness (QED) is 0.611. The second-order valence-corrected chi connectivity index (χ2v) is 7.18. The fraction of sp³-hybridized carbons (Fsp3) is 0.273. The topological polar surface area (TPSA) is 96.9 Å². The summed E-state index contributed by atoms with van der Waals surface area (Å²) < 4.78 is 24.2. The first-order valence-electron chi connectivity index (χ1n) is 9.97. The number of anilines is 2. The smallest absolute Gasteiger partial charge is 0.323 e. The van der Waals surface area contributed by atoms with Gasteiger partial charge >= 0.3 is 6.03 Å². The maximum Gasteiger partial charge on any atom is 0.323 e. The van der Waals surface area contributed by atoms with Crippen LogP contribution in [0.1, 0.15) is 10.5 Å². The zero-order chi connectivity index (χ0) is 22.7. The number of benzene rings is 2. The second kappa shape index (κ2) is 9.04. The molecule has 2 amide bonds. The van der Waals surface area contributed by atoms with Crippen LogP contribution in [0.4, 0.5) is 20.7 Å². The minimum atomic E-state index is -0.478. The van der Waals surface area contributed by atoms with Crippen molar-refractivity contribution < 1.29 is 23.5 Å². The van der Waals surface area contributed by atoms with Crippen molar-refractivity contribution in [2.24, 2.45) is 0 Å². The Kier molecular flexibility index (Phi) is 6.02. The van der Waals surface area contributed by atoms with Crippen LogP contribution in [-0.2, 0) is 0 Å². The number of nitrogens with one attached hydrogen (secondary N) is 1. The van der Waals surface area contributed by atoms with E-state index in [9.17, 15) is 14.0 Å². The van der Waals surface area contributed by atoms with E-state index in [0.29, 0.717) is 49.5 Å². The number of carbonyl (C=O) groups excluding carboxylic acids is 2. The Bertz CT molecular complexity index is 1140. The van der Waals surface area contributed by atoms with Crippen LogP contribution in [0.5, 0.6) is 11.5 Å². The molecule has 0 unspecified atom stereocenters. The zero-order valence-electron chi connectivity index (χ0n) is 17.7. The number of hydrogen-bond donors (Lipinski definition) is 1. The number of aldehydes is 1. The third-order valence-corrected chi connectivity index (χ3v) is 5.26. The van der Waals surface area contributed by atoms with Crippen LogP contribution in [0, 0.1) is 5.82 Å². The lowest BCUT2D eigenvalue weighted by Crippen LogP contribution is -2.50. The number of rotatable bonds is 5. The molecular formula is C22H22FN5O4. The number of methoxy groups -OCH3 is 2. The van der Waals surface area contributed by atoms with Gasteiger partial charge in [0.1, 0.15) is 23.0 Å².